The maximum absolute atomic E-state index is 12.5. The molecule has 0 bridgehead atoms. The highest BCUT2D eigenvalue weighted by atomic mass is 32.2. The van der Waals surface area contributed by atoms with Crippen LogP contribution in [0.4, 0.5) is 0 Å². The molecule has 0 atom stereocenters. The first-order valence-electron chi connectivity index (χ1n) is 7.87. The summed E-state index contributed by atoms with van der Waals surface area (Å²) in [6, 6.07) is 9.12. The summed E-state index contributed by atoms with van der Waals surface area (Å²) in [7, 11) is 1.62. The van der Waals surface area contributed by atoms with Crippen LogP contribution in [0.1, 0.15) is 23.3 Å². The zero-order valence-electron chi connectivity index (χ0n) is 13.6. The molecule has 1 amide bonds. The Morgan fingerprint density at radius 1 is 1.33 bits per heavy atom. The van der Waals surface area contributed by atoms with E-state index >= 15 is 0 Å². The fourth-order valence-electron chi connectivity index (χ4n) is 2.71. The number of hydrogen-bond acceptors (Lipinski definition) is 5. The van der Waals surface area contributed by atoms with Crippen molar-refractivity contribution in [2.45, 2.75) is 18.4 Å². The quantitative estimate of drug-likeness (QED) is 0.863. The molecule has 3 rings (SSSR count). The van der Waals surface area contributed by atoms with Crippen molar-refractivity contribution in [1.82, 2.24) is 15.1 Å². The average Bonchev–Trinajstić information content (AvgIpc) is 3.13. The third kappa shape index (κ3) is 3.57. The van der Waals surface area contributed by atoms with Crippen LogP contribution in [0.5, 0.6) is 5.75 Å². The molecule has 7 heteroatoms. The van der Waals surface area contributed by atoms with Crippen molar-refractivity contribution >= 4 is 17.7 Å². The molecular formula is C17H21N3O3S. The number of carbonyl (C=O) groups is 1. The van der Waals surface area contributed by atoms with Crippen LogP contribution in [-0.4, -0.2) is 51.6 Å². The number of aliphatic hydroxyl groups excluding tert-OH is 1. The zero-order valence-corrected chi connectivity index (χ0v) is 14.4. The van der Waals surface area contributed by atoms with E-state index in [0.29, 0.717) is 5.69 Å². The van der Waals surface area contributed by atoms with Crippen molar-refractivity contribution in [2.75, 3.05) is 25.2 Å². The molecule has 0 spiro atoms. The molecule has 24 heavy (non-hydrogen) atoms. The fourth-order valence-corrected chi connectivity index (χ4v) is 3.99. The Balaban J connectivity index is 1.73. The first-order valence-corrected chi connectivity index (χ1v) is 9.02. The van der Waals surface area contributed by atoms with Crippen LogP contribution in [0.25, 0.3) is 5.69 Å². The normalized spacial score (nSPS) is 16.6. The van der Waals surface area contributed by atoms with E-state index in [-0.39, 0.29) is 12.5 Å². The van der Waals surface area contributed by atoms with Crippen molar-refractivity contribution in [1.29, 1.82) is 0 Å². The summed E-state index contributed by atoms with van der Waals surface area (Å²) in [5.74, 6) is 2.41. The Labute approximate surface area is 145 Å². The molecule has 2 heterocycles. The van der Waals surface area contributed by atoms with Gasteiger partial charge in [-0.1, -0.05) is 0 Å². The summed E-state index contributed by atoms with van der Waals surface area (Å²) in [6.45, 7) is -0.0432. The van der Waals surface area contributed by atoms with Gasteiger partial charge in [-0.3, -0.25) is 4.79 Å². The number of nitrogens with one attached hydrogen (secondary N) is 1. The Hall–Kier alpha value is -1.99. The molecule has 128 valence electrons. The van der Waals surface area contributed by atoms with Gasteiger partial charge in [-0.05, 0) is 54.7 Å². The van der Waals surface area contributed by atoms with Gasteiger partial charge in [0.05, 0.1) is 24.9 Å². The molecule has 1 aromatic carbocycles. The minimum atomic E-state index is -0.522. The van der Waals surface area contributed by atoms with Gasteiger partial charge in [0, 0.05) is 6.20 Å². The third-order valence-corrected chi connectivity index (χ3v) is 5.28. The predicted molar refractivity (Wildman–Crippen MR) is 94.0 cm³/mol. The molecule has 2 aromatic rings. The van der Waals surface area contributed by atoms with Crippen LogP contribution >= 0.6 is 11.8 Å². The standard InChI is InChI=1S/C17H21N3O3S/c1-23-14-4-2-13(3-5-14)20-9-6-15(19-20)16(22)18-17(12-21)7-10-24-11-8-17/h2-6,9,21H,7-8,10-12H2,1H3,(H,18,22). The van der Waals surface area contributed by atoms with E-state index in [1.807, 2.05) is 36.0 Å². The van der Waals surface area contributed by atoms with Gasteiger partial charge in [0.2, 0.25) is 0 Å². The number of benzene rings is 1. The summed E-state index contributed by atoms with van der Waals surface area (Å²) >= 11 is 1.85. The molecule has 1 saturated heterocycles. The fraction of sp³-hybridized carbons (Fsp3) is 0.412. The lowest BCUT2D eigenvalue weighted by molar-refractivity contribution is 0.0812. The highest BCUT2D eigenvalue weighted by Gasteiger charge is 2.33. The number of thioether (sulfide) groups is 1. The summed E-state index contributed by atoms with van der Waals surface area (Å²) < 4.78 is 6.79. The van der Waals surface area contributed by atoms with E-state index in [1.54, 1.807) is 24.1 Å². The minimum absolute atomic E-state index is 0.0432. The Bertz CT molecular complexity index is 693. The highest BCUT2D eigenvalue weighted by Crippen LogP contribution is 2.27. The average molecular weight is 347 g/mol. The van der Waals surface area contributed by atoms with Gasteiger partial charge >= 0.3 is 0 Å². The lowest BCUT2D eigenvalue weighted by atomic mass is 9.93. The molecule has 0 radical (unpaired) electrons. The predicted octanol–water partition coefficient (Wildman–Crippen LogP) is 1.87. The molecule has 0 unspecified atom stereocenters. The second-order valence-electron chi connectivity index (χ2n) is 5.85. The second-order valence-corrected chi connectivity index (χ2v) is 7.07. The number of carbonyl (C=O) groups excluding carboxylic acids is 1. The molecule has 1 aromatic heterocycles. The van der Waals surface area contributed by atoms with Crippen molar-refractivity contribution < 1.29 is 14.6 Å². The lowest BCUT2D eigenvalue weighted by Gasteiger charge is -2.35. The SMILES string of the molecule is COc1ccc(-n2ccc(C(=O)NC3(CO)CCSCC3)n2)cc1. The Morgan fingerprint density at radius 2 is 2.04 bits per heavy atom. The molecule has 1 aliphatic heterocycles. The largest absolute Gasteiger partial charge is 0.497 e. The van der Waals surface area contributed by atoms with Crippen LogP contribution in [0.15, 0.2) is 36.5 Å². The van der Waals surface area contributed by atoms with E-state index in [2.05, 4.69) is 10.4 Å². The summed E-state index contributed by atoms with van der Waals surface area (Å²) in [4.78, 5) is 12.5. The van der Waals surface area contributed by atoms with E-state index in [9.17, 15) is 9.90 Å². The van der Waals surface area contributed by atoms with Crippen LogP contribution in [0, 0.1) is 0 Å². The number of aromatic nitrogens is 2. The number of hydrogen-bond donors (Lipinski definition) is 2. The summed E-state index contributed by atoms with van der Waals surface area (Å²) in [5, 5.41) is 17.0. The van der Waals surface area contributed by atoms with Gasteiger partial charge in [0.1, 0.15) is 5.75 Å². The Kier molecular flexibility index (Phi) is 5.11. The van der Waals surface area contributed by atoms with Crippen LogP contribution in [0.3, 0.4) is 0 Å². The van der Waals surface area contributed by atoms with Crippen molar-refractivity contribution in [3.63, 3.8) is 0 Å². The smallest absolute Gasteiger partial charge is 0.272 e. The number of nitrogens with zero attached hydrogens (tertiary/aromatic N) is 2. The molecule has 6 nitrogen and oxygen atoms in total. The monoisotopic (exact) mass is 347 g/mol. The second kappa shape index (κ2) is 7.27. The van der Waals surface area contributed by atoms with Gasteiger partial charge in [0.15, 0.2) is 5.69 Å². The van der Waals surface area contributed by atoms with Gasteiger partial charge in [0.25, 0.3) is 5.91 Å². The molecule has 0 saturated carbocycles. The number of rotatable bonds is 5. The number of aliphatic hydroxyl groups is 1. The maximum Gasteiger partial charge on any atom is 0.272 e. The lowest BCUT2D eigenvalue weighted by Crippen LogP contribution is -2.53. The highest BCUT2D eigenvalue weighted by molar-refractivity contribution is 7.99. The number of methoxy groups -OCH3 is 1. The van der Waals surface area contributed by atoms with Gasteiger partial charge < -0.3 is 15.2 Å². The maximum atomic E-state index is 12.5. The van der Waals surface area contributed by atoms with Crippen molar-refractivity contribution in [3.8, 4) is 11.4 Å². The first kappa shape index (κ1) is 16.9. The molecular weight excluding hydrogens is 326 g/mol. The van der Waals surface area contributed by atoms with Crippen LogP contribution in [-0.2, 0) is 0 Å². The zero-order chi connectivity index (χ0) is 17.0. The molecule has 0 aliphatic carbocycles. The van der Waals surface area contributed by atoms with Crippen molar-refractivity contribution in [2.24, 2.45) is 0 Å². The van der Waals surface area contributed by atoms with Crippen molar-refractivity contribution in [3.05, 3.63) is 42.2 Å². The minimum Gasteiger partial charge on any atom is -0.497 e. The summed E-state index contributed by atoms with van der Waals surface area (Å²) in [5.41, 5.74) is 0.671. The Morgan fingerprint density at radius 3 is 2.67 bits per heavy atom. The molecule has 1 aliphatic rings. The van der Waals surface area contributed by atoms with E-state index < -0.39 is 5.54 Å². The summed E-state index contributed by atoms with van der Waals surface area (Å²) in [6.07, 6.45) is 3.30. The van der Waals surface area contributed by atoms with E-state index in [0.717, 1.165) is 35.8 Å². The van der Waals surface area contributed by atoms with E-state index in [4.69, 9.17) is 4.74 Å². The van der Waals surface area contributed by atoms with E-state index in [1.165, 1.54) is 0 Å². The van der Waals surface area contributed by atoms with Crippen LogP contribution < -0.4 is 10.1 Å². The van der Waals surface area contributed by atoms with Gasteiger partial charge in [-0.2, -0.15) is 16.9 Å². The number of amides is 1. The van der Waals surface area contributed by atoms with Gasteiger partial charge in [-0.15, -0.1) is 0 Å². The molecule has 2 N–H and O–H groups in total. The molecule has 1 fully saturated rings. The van der Waals surface area contributed by atoms with Crippen LogP contribution in [0.2, 0.25) is 0 Å². The number of ether oxygens (including phenoxy) is 1. The van der Waals surface area contributed by atoms with Gasteiger partial charge in [-0.25, -0.2) is 4.68 Å². The first-order chi connectivity index (χ1) is 11.7. The third-order valence-electron chi connectivity index (χ3n) is 4.29. The topological polar surface area (TPSA) is 76.4 Å².